The van der Waals surface area contributed by atoms with Gasteiger partial charge in [0.1, 0.15) is 11.6 Å². The predicted octanol–water partition coefficient (Wildman–Crippen LogP) is 4.19. The number of aliphatic hydroxyl groups is 1. The fourth-order valence-corrected chi connectivity index (χ4v) is 3.58. The van der Waals surface area contributed by atoms with Gasteiger partial charge < -0.3 is 15.5 Å². The molecule has 0 radical (unpaired) electrons. The Balaban J connectivity index is 2.27. The van der Waals surface area contributed by atoms with Crippen LogP contribution in [-0.4, -0.2) is 31.8 Å². The number of anilines is 1. The molecule has 3 aromatic rings. The van der Waals surface area contributed by atoms with E-state index in [2.05, 4.69) is 17.0 Å². The van der Waals surface area contributed by atoms with Gasteiger partial charge in [0.25, 0.3) is 5.56 Å². The number of aryl methyl sites for hydroxylation is 1. The van der Waals surface area contributed by atoms with E-state index < -0.39 is 41.4 Å². The number of alkyl halides is 3. The van der Waals surface area contributed by atoms with Crippen molar-refractivity contribution in [1.82, 2.24) is 9.78 Å². The highest BCUT2D eigenvalue weighted by Crippen LogP contribution is 2.47. The van der Waals surface area contributed by atoms with Gasteiger partial charge in [-0.25, -0.2) is 9.07 Å². The van der Waals surface area contributed by atoms with Crippen LogP contribution in [0.25, 0.3) is 10.8 Å². The molecule has 170 valence electrons. The van der Waals surface area contributed by atoms with Gasteiger partial charge in [0, 0.05) is 36.2 Å². The lowest BCUT2D eigenvalue weighted by atomic mass is 9.82. The van der Waals surface area contributed by atoms with Crippen LogP contribution >= 0.6 is 0 Å². The molecule has 1 heterocycles. The van der Waals surface area contributed by atoms with Crippen molar-refractivity contribution in [1.29, 1.82) is 0 Å². The van der Waals surface area contributed by atoms with Crippen LogP contribution in [0.3, 0.4) is 0 Å². The summed E-state index contributed by atoms with van der Waals surface area (Å²) in [5, 5.41) is 28.1. The fourth-order valence-electron chi connectivity index (χ4n) is 3.58. The van der Waals surface area contributed by atoms with Crippen LogP contribution < -0.4 is 10.9 Å². The quantitative estimate of drug-likeness (QED) is 0.387. The molecule has 3 rings (SSSR count). The number of rotatable bonds is 6. The second-order valence-corrected chi connectivity index (χ2v) is 7.68. The van der Waals surface area contributed by atoms with Crippen molar-refractivity contribution in [2.75, 3.05) is 5.32 Å². The third kappa shape index (κ3) is 4.18. The van der Waals surface area contributed by atoms with Crippen molar-refractivity contribution in [3.63, 3.8) is 0 Å². The zero-order valence-corrected chi connectivity index (χ0v) is 17.2. The summed E-state index contributed by atoms with van der Waals surface area (Å²) in [4.78, 5) is 12.4. The Morgan fingerprint density at radius 3 is 2.53 bits per heavy atom. The molecule has 0 aliphatic carbocycles. The minimum Gasteiger partial charge on any atom is -0.507 e. The Labute approximate surface area is 180 Å². The number of phenolic OH excluding ortho intramolecular Hbond substituents is 1. The Morgan fingerprint density at radius 2 is 1.94 bits per heavy atom. The first kappa shape index (κ1) is 23.3. The molecular weight excluding hydrogens is 430 g/mol. The molecule has 0 fully saturated rings. The van der Waals surface area contributed by atoms with E-state index in [-0.39, 0.29) is 27.6 Å². The van der Waals surface area contributed by atoms with Crippen LogP contribution in [-0.2, 0) is 7.05 Å². The normalized spacial score (nSPS) is 14.7. The molecule has 2 atom stereocenters. The summed E-state index contributed by atoms with van der Waals surface area (Å²) in [6, 6.07) is 4.87. The van der Waals surface area contributed by atoms with E-state index in [1.165, 1.54) is 38.4 Å². The number of phenols is 1. The SMILES string of the molecule is C=C(C)CC(O)(C(Nc1cccc2c(=O)n(C)ncc12)c1ccc(F)cc1O)C(F)(F)F. The molecule has 0 amide bonds. The molecule has 1 aromatic heterocycles. The first-order valence-electron chi connectivity index (χ1n) is 9.48. The molecular formula is C22H21F4N3O3. The van der Waals surface area contributed by atoms with Gasteiger partial charge in [0.05, 0.1) is 17.6 Å². The highest BCUT2D eigenvalue weighted by Gasteiger charge is 2.59. The van der Waals surface area contributed by atoms with Crippen molar-refractivity contribution >= 4 is 16.5 Å². The van der Waals surface area contributed by atoms with Gasteiger partial charge in [-0.05, 0) is 25.1 Å². The number of halogens is 4. The van der Waals surface area contributed by atoms with E-state index in [4.69, 9.17) is 0 Å². The van der Waals surface area contributed by atoms with E-state index in [0.717, 1.165) is 16.8 Å². The number of hydrogen-bond donors (Lipinski definition) is 3. The second-order valence-electron chi connectivity index (χ2n) is 7.68. The molecule has 0 bridgehead atoms. The van der Waals surface area contributed by atoms with Crippen LogP contribution in [0.15, 0.2) is 59.5 Å². The molecule has 6 nitrogen and oxygen atoms in total. The molecule has 3 N–H and O–H groups in total. The van der Waals surface area contributed by atoms with Crippen LogP contribution in [0.4, 0.5) is 23.2 Å². The highest BCUT2D eigenvalue weighted by atomic mass is 19.4. The number of aromatic hydroxyl groups is 1. The topological polar surface area (TPSA) is 87.4 Å². The van der Waals surface area contributed by atoms with Crippen LogP contribution in [0.1, 0.15) is 24.9 Å². The number of aromatic nitrogens is 2. The summed E-state index contributed by atoms with van der Waals surface area (Å²) >= 11 is 0. The van der Waals surface area contributed by atoms with E-state index >= 15 is 0 Å². The van der Waals surface area contributed by atoms with E-state index in [9.17, 15) is 32.6 Å². The van der Waals surface area contributed by atoms with Crippen molar-refractivity contribution < 1.29 is 27.8 Å². The van der Waals surface area contributed by atoms with E-state index in [1.807, 2.05) is 0 Å². The zero-order valence-electron chi connectivity index (χ0n) is 17.2. The van der Waals surface area contributed by atoms with E-state index in [0.29, 0.717) is 6.07 Å². The molecule has 0 aliphatic heterocycles. The summed E-state index contributed by atoms with van der Waals surface area (Å²) < 4.78 is 57.2. The third-order valence-corrected chi connectivity index (χ3v) is 5.13. The maximum atomic E-state index is 14.2. The lowest BCUT2D eigenvalue weighted by Gasteiger charge is -2.39. The minimum absolute atomic E-state index is 0.0340. The fraction of sp³-hybridized carbons (Fsp3) is 0.273. The van der Waals surface area contributed by atoms with Gasteiger partial charge in [0.2, 0.25) is 0 Å². The molecule has 0 aliphatic rings. The second kappa shape index (κ2) is 8.27. The molecule has 0 saturated carbocycles. The smallest absolute Gasteiger partial charge is 0.419 e. The van der Waals surface area contributed by atoms with Crippen molar-refractivity contribution in [2.24, 2.45) is 7.05 Å². The number of nitrogens with zero attached hydrogens (tertiary/aromatic N) is 2. The zero-order chi connectivity index (χ0) is 23.8. The van der Waals surface area contributed by atoms with Crippen molar-refractivity contribution in [3.8, 4) is 5.75 Å². The van der Waals surface area contributed by atoms with Gasteiger partial charge in [-0.3, -0.25) is 4.79 Å². The lowest BCUT2D eigenvalue weighted by molar-refractivity contribution is -0.266. The van der Waals surface area contributed by atoms with Gasteiger partial charge in [0.15, 0.2) is 5.60 Å². The van der Waals surface area contributed by atoms with Crippen LogP contribution in [0.5, 0.6) is 5.75 Å². The molecule has 0 saturated heterocycles. The Morgan fingerprint density at radius 1 is 1.25 bits per heavy atom. The molecule has 2 unspecified atom stereocenters. The standard InChI is InChI=1S/C22H21F4N3O3/c1-12(2)10-21(32,22(24,25)26)19(15-8-7-13(23)9-18(15)30)28-17-6-4-5-14-16(17)11-27-29(3)20(14)31/h4-9,11,19,28,30,32H,1,10H2,2-3H3. The van der Waals surface area contributed by atoms with E-state index in [1.54, 1.807) is 0 Å². The average Bonchev–Trinajstić information content (AvgIpc) is 2.68. The Bertz CT molecular complexity index is 1240. The summed E-state index contributed by atoms with van der Waals surface area (Å²) in [5.74, 6) is -1.64. The maximum absolute atomic E-state index is 14.2. The van der Waals surface area contributed by atoms with Gasteiger partial charge in [-0.2, -0.15) is 18.3 Å². The number of fused-ring (bicyclic) bond motifs is 1. The first-order chi connectivity index (χ1) is 14.8. The van der Waals surface area contributed by atoms with Crippen LogP contribution in [0, 0.1) is 5.82 Å². The summed E-state index contributed by atoms with van der Waals surface area (Å²) in [7, 11) is 1.43. The van der Waals surface area contributed by atoms with Crippen molar-refractivity contribution in [3.05, 3.63) is 76.5 Å². The first-order valence-corrected chi connectivity index (χ1v) is 9.48. The molecule has 0 spiro atoms. The summed E-state index contributed by atoms with van der Waals surface area (Å²) in [6.07, 6.45) is -4.76. The largest absolute Gasteiger partial charge is 0.507 e. The predicted molar refractivity (Wildman–Crippen MR) is 112 cm³/mol. The van der Waals surface area contributed by atoms with Gasteiger partial charge in [-0.1, -0.05) is 17.7 Å². The van der Waals surface area contributed by atoms with Crippen LogP contribution in [0.2, 0.25) is 0 Å². The number of nitrogens with one attached hydrogen (secondary N) is 1. The Hall–Kier alpha value is -3.40. The van der Waals surface area contributed by atoms with Gasteiger partial charge >= 0.3 is 6.18 Å². The minimum atomic E-state index is -5.16. The Kier molecular flexibility index (Phi) is 6.01. The van der Waals surface area contributed by atoms with Gasteiger partial charge in [-0.15, -0.1) is 6.58 Å². The molecule has 2 aromatic carbocycles. The number of benzene rings is 2. The highest BCUT2D eigenvalue weighted by molar-refractivity contribution is 5.92. The maximum Gasteiger partial charge on any atom is 0.419 e. The number of hydrogen-bond acceptors (Lipinski definition) is 5. The summed E-state index contributed by atoms with van der Waals surface area (Å²) in [6.45, 7) is 4.80. The molecule has 32 heavy (non-hydrogen) atoms. The van der Waals surface area contributed by atoms with Crippen molar-refractivity contribution in [2.45, 2.75) is 31.2 Å². The molecule has 10 heteroatoms. The monoisotopic (exact) mass is 451 g/mol. The lowest BCUT2D eigenvalue weighted by Crippen LogP contribution is -2.52. The summed E-state index contributed by atoms with van der Waals surface area (Å²) in [5.41, 5.74) is -4.19. The average molecular weight is 451 g/mol. The third-order valence-electron chi connectivity index (χ3n) is 5.13.